The van der Waals surface area contributed by atoms with Gasteiger partial charge >= 0.3 is 5.97 Å². The van der Waals surface area contributed by atoms with E-state index in [1.165, 1.54) is 6.42 Å². The highest BCUT2D eigenvalue weighted by molar-refractivity contribution is 5.73. The van der Waals surface area contributed by atoms with Crippen molar-refractivity contribution in [2.24, 2.45) is 5.92 Å². The second-order valence-corrected chi connectivity index (χ2v) is 4.92. The standard InChI is InChI=1S/C12H23NO2/c1-10(2)7-9-13-8-5-3-4-6-11(13)12(14)15/h10-11H,3-9H2,1-2H3,(H,14,15). The van der Waals surface area contributed by atoms with Crippen LogP contribution in [0.4, 0.5) is 0 Å². The molecule has 0 radical (unpaired) electrons. The maximum Gasteiger partial charge on any atom is 0.320 e. The van der Waals surface area contributed by atoms with Crippen LogP contribution in [0.15, 0.2) is 0 Å². The van der Waals surface area contributed by atoms with Gasteiger partial charge in [-0.3, -0.25) is 9.69 Å². The summed E-state index contributed by atoms with van der Waals surface area (Å²) in [5, 5.41) is 9.16. The first kappa shape index (κ1) is 12.5. The van der Waals surface area contributed by atoms with E-state index >= 15 is 0 Å². The molecule has 1 aliphatic rings. The molecule has 1 N–H and O–H groups in total. The lowest BCUT2D eigenvalue weighted by Gasteiger charge is -2.27. The Morgan fingerprint density at radius 1 is 1.40 bits per heavy atom. The van der Waals surface area contributed by atoms with Crippen LogP contribution in [0.5, 0.6) is 0 Å². The summed E-state index contributed by atoms with van der Waals surface area (Å²) >= 11 is 0. The molecular formula is C12H23NO2. The lowest BCUT2D eigenvalue weighted by Crippen LogP contribution is -2.41. The lowest BCUT2D eigenvalue weighted by atomic mass is 10.1. The van der Waals surface area contributed by atoms with Crippen molar-refractivity contribution in [1.82, 2.24) is 4.90 Å². The monoisotopic (exact) mass is 213 g/mol. The van der Waals surface area contributed by atoms with Gasteiger partial charge in [0, 0.05) is 0 Å². The molecule has 1 atom stereocenters. The molecule has 0 saturated carbocycles. The van der Waals surface area contributed by atoms with Gasteiger partial charge in [0.1, 0.15) is 6.04 Å². The minimum atomic E-state index is -0.638. The summed E-state index contributed by atoms with van der Waals surface area (Å²) in [6, 6.07) is -0.230. The molecule has 1 heterocycles. The quantitative estimate of drug-likeness (QED) is 0.779. The van der Waals surface area contributed by atoms with Crippen molar-refractivity contribution in [2.45, 2.75) is 52.0 Å². The van der Waals surface area contributed by atoms with Crippen molar-refractivity contribution >= 4 is 5.97 Å². The first-order valence-corrected chi connectivity index (χ1v) is 6.08. The smallest absolute Gasteiger partial charge is 0.320 e. The van der Waals surface area contributed by atoms with Gasteiger partial charge in [-0.05, 0) is 38.3 Å². The average molecular weight is 213 g/mol. The van der Waals surface area contributed by atoms with E-state index in [0.29, 0.717) is 5.92 Å². The van der Waals surface area contributed by atoms with Crippen LogP contribution in [0.3, 0.4) is 0 Å². The van der Waals surface area contributed by atoms with Crippen LogP contribution in [-0.4, -0.2) is 35.1 Å². The number of carbonyl (C=O) groups is 1. The first-order valence-electron chi connectivity index (χ1n) is 6.08. The molecule has 0 amide bonds. The topological polar surface area (TPSA) is 40.5 Å². The van der Waals surface area contributed by atoms with Gasteiger partial charge in [-0.2, -0.15) is 0 Å². The average Bonchev–Trinajstić information content (AvgIpc) is 2.39. The Labute approximate surface area is 92.5 Å². The third-order valence-electron chi connectivity index (χ3n) is 3.14. The Morgan fingerprint density at radius 3 is 2.73 bits per heavy atom. The van der Waals surface area contributed by atoms with Crippen LogP contribution in [0, 0.1) is 5.92 Å². The maximum absolute atomic E-state index is 11.1. The van der Waals surface area contributed by atoms with Gasteiger partial charge in [0.2, 0.25) is 0 Å². The van der Waals surface area contributed by atoms with Crippen LogP contribution in [0.1, 0.15) is 46.0 Å². The Kier molecular flexibility index (Phi) is 5.09. The first-order chi connectivity index (χ1) is 7.11. The van der Waals surface area contributed by atoms with E-state index in [1.807, 2.05) is 0 Å². The van der Waals surface area contributed by atoms with Crippen LogP contribution in [0.25, 0.3) is 0 Å². The summed E-state index contributed by atoms with van der Waals surface area (Å²) in [7, 11) is 0. The lowest BCUT2D eigenvalue weighted by molar-refractivity contribution is -0.143. The zero-order valence-electron chi connectivity index (χ0n) is 9.91. The van der Waals surface area contributed by atoms with E-state index < -0.39 is 5.97 Å². The number of rotatable bonds is 4. The zero-order chi connectivity index (χ0) is 11.3. The van der Waals surface area contributed by atoms with Crippen molar-refractivity contribution in [3.63, 3.8) is 0 Å². The molecule has 0 aromatic rings. The van der Waals surface area contributed by atoms with Gasteiger partial charge in [-0.25, -0.2) is 0 Å². The number of nitrogens with zero attached hydrogens (tertiary/aromatic N) is 1. The molecule has 1 rings (SSSR count). The van der Waals surface area contributed by atoms with E-state index in [4.69, 9.17) is 5.11 Å². The van der Waals surface area contributed by atoms with E-state index in [2.05, 4.69) is 18.7 Å². The predicted octanol–water partition coefficient (Wildman–Crippen LogP) is 2.36. The fourth-order valence-electron chi connectivity index (χ4n) is 2.14. The van der Waals surface area contributed by atoms with Crippen LogP contribution >= 0.6 is 0 Å². The third-order valence-corrected chi connectivity index (χ3v) is 3.14. The van der Waals surface area contributed by atoms with E-state index in [-0.39, 0.29) is 6.04 Å². The summed E-state index contributed by atoms with van der Waals surface area (Å²) in [6.45, 7) is 6.28. The molecule has 15 heavy (non-hydrogen) atoms. The SMILES string of the molecule is CC(C)CCN1CCCCCC1C(=O)O. The summed E-state index contributed by atoms with van der Waals surface area (Å²) in [5.41, 5.74) is 0. The van der Waals surface area contributed by atoms with Gasteiger partial charge < -0.3 is 5.11 Å². The molecule has 0 aromatic heterocycles. The van der Waals surface area contributed by atoms with Crippen molar-refractivity contribution in [3.05, 3.63) is 0 Å². The van der Waals surface area contributed by atoms with Crippen LogP contribution in [-0.2, 0) is 4.79 Å². The van der Waals surface area contributed by atoms with Crippen LogP contribution < -0.4 is 0 Å². The Morgan fingerprint density at radius 2 is 2.13 bits per heavy atom. The molecule has 1 unspecified atom stereocenters. The number of carboxylic acids is 1. The van der Waals surface area contributed by atoms with Gasteiger partial charge in [0.15, 0.2) is 0 Å². The zero-order valence-corrected chi connectivity index (χ0v) is 9.91. The highest BCUT2D eigenvalue weighted by Gasteiger charge is 2.26. The molecule has 0 spiro atoms. The number of likely N-dealkylation sites (tertiary alicyclic amines) is 1. The van der Waals surface area contributed by atoms with Crippen LogP contribution in [0.2, 0.25) is 0 Å². The summed E-state index contributed by atoms with van der Waals surface area (Å²) in [5.74, 6) is 0.0170. The largest absolute Gasteiger partial charge is 0.480 e. The van der Waals surface area contributed by atoms with Crippen molar-refractivity contribution in [3.8, 4) is 0 Å². The minimum absolute atomic E-state index is 0.230. The van der Waals surface area contributed by atoms with Gasteiger partial charge in [-0.1, -0.05) is 26.7 Å². The van der Waals surface area contributed by atoms with Crippen molar-refractivity contribution < 1.29 is 9.90 Å². The third kappa shape index (κ3) is 4.20. The van der Waals surface area contributed by atoms with E-state index in [9.17, 15) is 4.79 Å². The second-order valence-electron chi connectivity index (χ2n) is 4.92. The summed E-state index contributed by atoms with van der Waals surface area (Å²) in [4.78, 5) is 13.3. The fourth-order valence-corrected chi connectivity index (χ4v) is 2.14. The van der Waals surface area contributed by atoms with E-state index in [1.54, 1.807) is 0 Å². The van der Waals surface area contributed by atoms with E-state index in [0.717, 1.165) is 38.8 Å². The van der Waals surface area contributed by atoms with Gasteiger partial charge in [-0.15, -0.1) is 0 Å². The molecule has 0 aliphatic carbocycles. The highest BCUT2D eigenvalue weighted by Crippen LogP contribution is 2.18. The molecule has 1 fully saturated rings. The van der Waals surface area contributed by atoms with Gasteiger partial charge in [0.05, 0.1) is 0 Å². The second kappa shape index (κ2) is 6.11. The number of hydrogen-bond donors (Lipinski definition) is 1. The summed E-state index contributed by atoms with van der Waals surface area (Å²) in [6.07, 6.45) is 5.33. The Hall–Kier alpha value is -0.570. The molecule has 1 aliphatic heterocycles. The molecule has 0 aromatic carbocycles. The molecule has 3 nitrogen and oxygen atoms in total. The van der Waals surface area contributed by atoms with Crippen molar-refractivity contribution in [2.75, 3.05) is 13.1 Å². The normalized spacial score (nSPS) is 24.1. The molecular weight excluding hydrogens is 190 g/mol. The Bertz CT molecular complexity index is 204. The molecule has 1 saturated heterocycles. The van der Waals surface area contributed by atoms with Gasteiger partial charge in [0.25, 0.3) is 0 Å². The molecule has 0 bridgehead atoms. The highest BCUT2D eigenvalue weighted by atomic mass is 16.4. The maximum atomic E-state index is 11.1. The Balaban J connectivity index is 2.50. The summed E-state index contributed by atoms with van der Waals surface area (Å²) < 4.78 is 0. The number of carboxylic acid groups (broad SMARTS) is 1. The number of hydrogen-bond acceptors (Lipinski definition) is 2. The number of aliphatic carboxylic acids is 1. The molecule has 88 valence electrons. The predicted molar refractivity (Wildman–Crippen MR) is 60.9 cm³/mol. The van der Waals surface area contributed by atoms with Crippen molar-refractivity contribution in [1.29, 1.82) is 0 Å². The fraction of sp³-hybridized carbons (Fsp3) is 0.917. The molecule has 3 heteroatoms. The minimum Gasteiger partial charge on any atom is -0.480 e.